The molecule has 0 radical (unpaired) electrons. The molecule has 0 saturated carbocycles. The fourth-order valence-electron chi connectivity index (χ4n) is 3.42. The highest BCUT2D eigenvalue weighted by Crippen LogP contribution is 2.13. The number of rotatable bonds is 20. The summed E-state index contributed by atoms with van der Waals surface area (Å²) < 4.78 is 10.4. The molecule has 0 fully saturated rings. The van der Waals surface area contributed by atoms with E-state index in [-0.39, 0.29) is 11.9 Å². The molecule has 178 valence electrons. The van der Waals surface area contributed by atoms with Gasteiger partial charge in [0.05, 0.1) is 13.2 Å². The zero-order chi connectivity index (χ0) is 22.5. The molecule has 0 aromatic heterocycles. The zero-order valence-corrected chi connectivity index (χ0v) is 20.3. The van der Waals surface area contributed by atoms with Gasteiger partial charge in [-0.15, -0.1) is 0 Å². The second-order valence-corrected chi connectivity index (χ2v) is 8.77. The Balaban J connectivity index is 3.59. The molecule has 0 aromatic rings. The molecule has 0 aliphatic rings. The van der Waals surface area contributed by atoms with Crippen molar-refractivity contribution in [1.82, 2.24) is 5.32 Å². The van der Waals surface area contributed by atoms with Crippen LogP contribution < -0.4 is 5.32 Å². The van der Waals surface area contributed by atoms with Crippen molar-refractivity contribution in [3.8, 4) is 0 Å². The van der Waals surface area contributed by atoms with Crippen molar-refractivity contribution in [3.63, 3.8) is 0 Å². The molecule has 1 N–H and O–H groups in total. The van der Waals surface area contributed by atoms with Crippen molar-refractivity contribution < 1.29 is 19.1 Å². The Kier molecular flexibility index (Phi) is 20.1. The summed E-state index contributed by atoms with van der Waals surface area (Å²) in [6, 6.07) is -0.652. The van der Waals surface area contributed by atoms with Gasteiger partial charge in [0, 0.05) is 0 Å². The summed E-state index contributed by atoms with van der Waals surface area (Å²) in [6.07, 6.45) is 18.4. The maximum atomic E-state index is 12.2. The van der Waals surface area contributed by atoms with Gasteiger partial charge >= 0.3 is 12.1 Å². The summed E-state index contributed by atoms with van der Waals surface area (Å²) in [7, 11) is 0. The van der Waals surface area contributed by atoms with Crippen molar-refractivity contribution in [1.29, 1.82) is 0 Å². The van der Waals surface area contributed by atoms with Crippen molar-refractivity contribution >= 4 is 12.1 Å². The third-order valence-corrected chi connectivity index (χ3v) is 5.37. The van der Waals surface area contributed by atoms with E-state index >= 15 is 0 Å². The summed E-state index contributed by atoms with van der Waals surface area (Å²) in [6.45, 7) is 8.74. The number of hydrogen-bond donors (Lipinski definition) is 1. The molecular formula is C25H49NO4. The first kappa shape index (κ1) is 28.7. The highest BCUT2D eigenvalue weighted by atomic mass is 16.6. The molecule has 0 aromatic carbocycles. The molecule has 0 rings (SSSR count). The van der Waals surface area contributed by atoms with Gasteiger partial charge in [-0.25, -0.2) is 9.59 Å². The predicted molar refractivity (Wildman–Crippen MR) is 125 cm³/mol. The maximum Gasteiger partial charge on any atom is 0.407 e. The lowest BCUT2D eigenvalue weighted by Gasteiger charge is -2.20. The van der Waals surface area contributed by atoms with Gasteiger partial charge in [0.2, 0.25) is 0 Å². The standard InChI is InChI=1S/C25H49NO4/c1-5-7-8-9-10-11-12-13-14-15-16-17-18-19-21-29-24(27)23(22(3)4)26-25(28)30-20-6-2/h22-23H,5-21H2,1-4H3,(H,26,28). The summed E-state index contributed by atoms with van der Waals surface area (Å²) >= 11 is 0. The Morgan fingerprint density at radius 3 is 1.53 bits per heavy atom. The first-order valence-electron chi connectivity index (χ1n) is 12.6. The summed E-state index contributed by atoms with van der Waals surface area (Å²) in [5.41, 5.74) is 0. The molecule has 0 bridgehead atoms. The van der Waals surface area contributed by atoms with E-state index in [9.17, 15) is 9.59 Å². The second-order valence-electron chi connectivity index (χ2n) is 8.77. The van der Waals surface area contributed by atoms with Crippen LogP contribution in [0.25, 0.3) is 0 Å². The minimum atomic E-state index is -0.652. The van der Waals surface area contributed by atoms with Crippen molar-refractivity contribution in [2.45, 2.75) is 130 Å². The van der Waals surface area contributed by atoms with Gasteiger partial charge in [-0.3, -0.25) is 0 Å². The van der Waals surface area contributed by atoms with E-state index in [2.05, 4.69) is 12.2 Å². The Morgan fingerprint density at radius 2 is 1.10 bits per heavy atom. The summed E-state index contributed by atoms with van der Waals surface area (Å²) in [5.74, 6) is -0.406. The average molecular weight is 428 g/mol. The van der Waals surface area contributed by atoms with Gasteiger partial charge in [0.15, 0.2) is 0 Å². The lowest BCUT2D eigenvalue weighted by Crippen LogP contribution is -2.45. The lowest BCUT2D eigenvalue weighted by molar-refractivity contribution is -0.147. The Hall–Kier alpha value is -1.26. The van der Waals surface area contributed by atoms with Crippen LogP contribution >= 0.6 is 0 Å². The van der Waals surface area contributed by atoms with Crippen LogP contribution in [-0.4, -0.2) is 31.3 Å². The van der Waals surface area contributed by atoms with Crippen molar-refractivity contribution in [2.24, 2.45) is 5.92 Å². The lowest BCUT2D eigenvalue weighted by atomic mass is 10.0. The van der Waals surface area contributed by atoms with Gasteiger partial charge in [-0.2, -0.15) is 0 Å². The second kappa shape index (κ2) is 21.0. The van der Waals surface area contributed by atoms with E-state index in [0.29, 0.717) is 13.2 Å². The van der Waals surface area contributed by atoms with E-state index in [0.717, 1.165) is 19.3 Å². The number of nitrogens with one attached hydrogen (secondary N) is 1. The number of carbonyl (C=O) groups is 2. The van der Waals surface area contributed by atoms with E-state index in [1.807, 2.05) is 20.8 Å². The minimum Gasteiger partial charge on any atom is -0.464 e. The van der Waals surface area contributed by atoms with Crippen LogP contribution in [0.5, 0.6) is 0 Å². The maximum absolute atomic E-state index is 12.2. The normalized spacial score (nSPS) is 12.0. The number of amides is 1. The number of ether oxygens (including phenoxy) is 2. The third-order valence-electron chi connectivity index (χ3n) is 5.37. The van der Waals surface area contributed by atoms with Crippen LogP contribution in [0, 0.1) is 5.92 Å². The smallest absolute Gasteiger partial charge is 0.407 e. The molecule has 0 aliphatic carbocycles. The summed E-state index contributed by atoms with van der Waals surface area (Å²) in [4.78, 5) is 23.9. The van der Waals surface area contributed by atoms with Crippen LogP contribution in [0.4, 0.5) is 4.79 Å². The fraction of sp³-hybridized carbons (Fsp3) is 0.920. The number of esters is 1. The molecule has 1 atom stereocenters. The molecule has 0 heterocycles. The molecule has 5 heteroatoms. The first-order chi connectivity index (χ1) is 14.5. The highest BCUT2D eigenvalue weighted by Gasteiger charge is 2.26. The zero-order valence-electron chi connectivity index (χ0n) is 20.3. The Morgan fingerprint density at radius 1 is 0.633 bits per heavy atom. The third kappa shape index (κ3) is 17.6. The van der Waals surface area contributed by atoms with Crippen LogP contribution in [0.3, 0.4) is 0 Å². The van der Waals surface area contributed by atoms with Gasteiger partial charge in [-0.05, 0) is 18.8 Å². The molecule has 1 unspecified atom stereocenters. The van der Waals surface area contributed by atoms with Gasteiger partial charge in [-0.1, -0.05) is 111 Å². The molecule has 0 aliphatic heterocycles. The van der Waals surface area contributed by atoms with Gasteiger partial charge < -0.3 is 14.8 Å². The van der Waals surface area contributed by atoms with E-state index < -0.39 is 12.1 Å². The number of alkyl carbamates (subject to hydrolysis) is 1. The van der Waals surface area contributed by atoms with Crippen LogP contribution in [0.1, 0.15) is 124 Å². The molecule has 1 amide bonds. The van der Waals surface area contributed by atoms with Crippen LogP contribution in [0.15, 0.2) is 0 Å². The monoisotopic (exact) mass is 427 g/mol. The number of unbranched alkanes of at least 4 members (excludes halogenated alkanes) is 13. The Bertz CT molecular complexity index is 412. The SMILES string of the molecule is CCCCCCCCCCCCCCCCOC(=O)C(NC(=O)OCCC)C(C)C. The van der Waals surface area contributed by atoms with Gasteiger partial charge in [0.1, 0.15) is 6.04 Å². The molecule has 0 saturated heterocycles. The van der Waals surface area contributed by atoms with Gasteiger partial charge in [0.25, 0.3) is 0 Å². The molecular weight excluding hydrogens is 378 g/mol. The fourth-order valence-corrected chi connectivity index (χ4v) is 3.42. The molecule has 30 heavy (non-hydrogen) atoms. The molecule has 0 spiro atoms. The molecule has 5 nitrogen and oxygen atoms in total. The summed E-state index contributed by atoms with van der Waals surface area (Å²) in [5, 5.41) is 2.62. The minimum absolute atomic E-state index is 0.0389. The highest BCUT2D eigenvalue weighted by molar-refractivity contribution is 5.81. The van der Waals surface area contributed by atoms with Crippen molar-refractivity contribution in [2.75, 3.05) is 13.2 Å². The quantitative estimate of drug-likeness (QED) is 0.165. The average Bonchev–Trinajstić information content (AvgIpc) is 2.72. The van der Waals surface area contributed by atoms with Crippen LogP contribution in [0.2, 0.25) is 0 Å². The van der Waals surface area contributed by atoms with Crippen molar-refractivity contribution in [3.05, 3.63) is 0 Å². The van der Waals surface area contributed by atoms with Crippen LogP contribution in [-0.2, 0) is 14.3 Å². The number of carbonyl (C=O) groups excluding carboxylic acids is 2. The predicted octanol–water partition coefficient (Wildman–Crippen LogP) is 7.17. The van der Waals surface area contributed by atoms with E-state index in [1.54, 1.807) is 0 Å². The number of hydrogen-bond acceptors (Lipinski definition) is 4. The topological polar surface area (TPSA) is 64.6 Å². The first-order valence-corrected chi connectivity index (χ1v) is 12.6. The van der Waals surface area contributed by atoms with E-state index in [4.69, 9.17) is 9.47 Å². The Labute approximate surface area is 186 Å². The van der Waals surface area contributed by atoms with E-state index in [1.165, 1.54) is 77.0 Å². The largest absolute Gasteiger partial charge is 0.464 e.